The molecular weight excluding hydrogens is 449 g/mol. The van der Waals surface area contributed by atoms with Gasteiger partial charge in [0, 0.05) is 38.3 Å². The van der Waals surface area contributed by atoms with Crippen LogP contribution in [0.15, 0.2) is 37.2 Å². The summed E-state index contributed by atoms with van der Waals surface area (Å²) in [4.78, 5) is 24.2. The van der Waals surface area contributed by atoms with Crippen molar-refractivity contribution in [3.8, 4) is 17.0 Å². The van der Waals surface area contributed by atoms with Gasteiger partial charge in [0.05, 0.1) is 12.5 Å². The van der Waals surface area contributed by atoms with Crippen LogP contribution in [0.1, 0.15) is 26.2 Å². The SMILES string of the molecule is C=CC(=O)N(C)CCN(CC)CCCCCn1nc(-c2cc(F)cc(OC)c2)c2c(N)ncnc21. The second-order valence-corrected chi connectivity index (χ2v) is 8.37. The molecule has 0 aliphatic heterocycles. The van der Waals surface area contributed by atoms with Crippen LogP contribution in [0.5, 0.6) is 5.75 Å². The van der Waals surface area contributed by atoms with Gasteiger partial charge in [0.2, 0.25) is 5.91 Å². The van der Waals surface area contributed by atoms with Crippen LogP contribution in [0.2, 0.25) is 0 Å². The molecule has 1 aromatic carbocycles. The fourth-order valence-electron chi connectivity index (χ4n) is 3.96. The largest absolute Gasteiger partial charge is 0.497 e. The Morgan fingerprint density at radius 1 is 1.20 bits per heavy atom. The van der Waals surface area contributed by atoms with Crippen molar-refractivity contribution in [2.45, 2.75) is 32.7 Å². The summed E-state index contributed by atoms with van der Waals surface area (Å²) in [5, 5.41) is 5.32. The summed E-state index contributed by atoms with van der Waals surface area (Å²) in [5.41, 5.74) is 7.87. The minimum absolute atomic E-state index is 0.0620. The molecule has 0 unspecified atom stereocenters. The molecule has 0 saturated heterocycles. The van der Waals surface area contributed by atoms with Crippen molar-refractivity contribution in [1.82, 2.24) is 29.5 Å². The highest BCUT2D eigenvalue weighted by Crippen LogP contribution is 2.32. The topological polar surface area (TPSA) is 102 Å². The van der Waals surface area contributed by atoms with Crippen LogP contribution in [0.3, 0.4) is 0 Å². The number of carbonyl (C=O) groups is 1. The van der Waals surface area contributed by atoms with Crippen molar-refractivity contribution < 1.29 is 13.9 Å². The van der Waals surface area contributed by atoms with E-state index in [9.17, 15) is 9.18 Å². The molecule has 2 N–H and O–H groups in total. The third-order valence-electron chi connectivity index (χ3n) is 6.03. The zero-order chi connectivity index (χ0) is 25.4. The average molecular weight is 484 g/mol. The van der Waals surface area contributed by atoms with Crippen molar-refractivity contribution in [3.05, 3.63) is 43.0 Å². The van der Waals surface area contributed by atoms with E-state index < -0.39 is 5.82 Å². The van der Waals surface area contributed by atoms with E-state index in [1.165, 1.54) is 31.6 Å². The van der Waals surface area contributed by atoms with Gasteiger partial charge in [-0.2, -0.15) is 5.10 Å². The second-order valence-electron chi connectivity index (χ2n) is 8.37. The predicted molar refractivity (Wildman–Crippen MR) is 135 cm³/mol. The molecule has 10 heteroatoms. The molecular formula is C25H34FN7O2. The van der Waals surface area contributed by atoms with Gasteiger partial charge in [0.1, 0.15) is 29.4 Å². The molecule has 0 fully saturated rings. The smallest absolute Gasteiger partial charge is 0.245 e. The third kappa shape index (κ3) is 6.54. The molecule has 2 heterocycles. The van der Waals surface area contributed by atoms with Crippen molar-refractivity contribution in [1.29, 1.82) is 0 Å². The van der Waals surface area contributed by atoms with Gasteiger partial charge in [-0.1, -0.05) is 19.9 Å². The predicted octanol–water partition coefficient (Wildman–Crippen LogP) is 3.36. The number of benzene rings is 1. The number of hydrogen-bond acceptors (Lipinski definition) is 7. The Kier molecular flexibility index (Phi) is 9.13. The zero-order valence-corrected chi connectivity index (χ0v) is 20.7. The first-order valence-electron chi connectivity index (χ1n) is 11.8. The lowest BCUT2D eigenvalue weighted by Crippen LogP contribution is -2.36. The molecule has 2 aromatic heterocycles. The maximum Gasteiger partial charge on any atom is 0.245 e. The number of fused-ring (bicyclic) bond motifs is 1. The number of rotatable bonds is 13. The molecule has 188 valence electrons. The summed E-state index contributed by atoms with van der Waals surface area (Å²) in [6.07, 6.45) is 5.68. The summed E-state index contributed by atoms with van der Waals surface area (Å²) in [7, 11) is 3.28. The number of unbranched alkanes of at least 4 members (excludes halogenated alkanes) is 2. The van der Waals surface area contributed by atoms with E-state index in [1.807, 2.05) is 4.68 Å². The molecule has 0 saturated carbocycles. The molecule has 0 aliphatic rings. The van der Waals surface area contributed by atoms with Gasteiger partial charge in [0.15, 0.2) is 5.65 Å². The number of halogens is 1. The number of aromatic nitrogens is 4. The standard InChI is InChI=1S/C25H34FN7O2/c1-5-21(34)31(3)12-13-32(6-2)10-8-7-9-11-33-25-22(24(27)28-17-29-25)23(30-33)18-14-19(26)16-20(15-18)35-4/h5,14-17H,1,6-13H2,2-4H3,(H2,27,28,29). The number of nitrogens with zero attached hydrogens (tertiary/aromatic N) is 6. The molecule has 9 nitrogen and oxygen atoms in total. The van der Waals surface area contributed by atoms with Crippen molar-refractivity contribution >= 4 is 22.8 Å². The number of methoxy groups -OCH3 is 1. The molecule has 35 heavy (non-hydrogen) atoms. The van der Waals surface area contributed by atoms with Crippen LogP contribution < -0.4 is 10.5 Å². The van der Waals surface area contributed by atoms with Gasteiger partial charge in [-0.3, -0.25) is 4.79 Å². The highest BCUT2D eigenvalue weighted by molar-refractivity contribution is 5.98. The second kappa shape index (κ2) is 12.3. The number of hydrogen-bond donors (Lipinski definition) is 1. The summed E-state index contributed by atoms with van der Waals surface area (Å²) >= 11 is 0. The Hall–Kier alpha value is -3.53. The van der Waals surface area contributed by atoms with Crippen LogP contribution in [-0.4, -0.2) is 75.8 Å². The fraction of sp³-hybridized carbons (Fsp3) is 0.440. The minimum atomic E-state index is -0.419. The maximum atomic E-state index is 14.1. The number of likely N-dealkylation sites (N-methyl/N-ethyl adjacent to an activating group) is 2. The first-order chi connectivity index (χ1) is 16.9. The van der Waals surface area contributed by atoms with Crippen molar-refractivity contribution in [3.63, 3.8) is 0 Å². The van der Waals surface area contributed by atoms with Crippen molar-refractivity contribution in [2.75, 3.05) is 46.1 Å². The molecule has 3 rings (SSSR count). The van der Waals surface area contributed by atoms with Crippen LogP contribution in [0.4, 0.5) is 10.2 Å². The normalized spacial score (nSPS) is 11.2. The molecule has 3 aromatic rings. The number of anilines is 1. The van der Waals surface area contributed by atoms with Crippen LogP contribution in [0.25, 0.3) is 22.3 Å². The van der Waals surface area contributed by atoms with Crippen LogP contribution in [0, 0.1) is 5.82 Å². The summed E-state index contributed by atoms with van der Waals surface area (Å²) in [6, 6.07) is 4.44. The van der Waals surface area contributed by atoms with Gasteiger partial charge >= 0.3 is 0 Å². The first kappa shape index (κ1) is 26.1. The molecule has 0 aliphatic carbocycles. The quantitative estimate of drug-likeness (QED) is 0.294. The highest BCUT2D eigenvalue weighted by Gasteiger charge is 2.18. The molecule has 0 atom stereocenters. The Balaban J connectivity index is 1.63. The fourth-order valence-corrected chi connectivity index (χ4v) is 3.96. The Morgan fingerprint density at radius 2 is 2.00 bits per heavy atom. The number of ether oxygens (including phenoxy) is 1. The molecule has 1 amide bonds. The molecule has 0 bridgehead atoms. The lowest BCUT2D eigenvalue weighted by atomic mass is 10.1. The van der Waals surface area contributed by atoms with E-state index in [0.717, 1.165) is 38.9 Å². The monoisotopic (exact) mass is 483 g/mol. The number of carbonyl (C=O) groups excluding carboxylic acids is 1. The van der Waals surface area contributed by atoms with Gasteiger partial charge in [-0.05, 0) is 44.1 Å². The van der Waals surface area contributed by atoms with Gasteiger partial charge in [0.25, 0.3) is 0 Å². The Labute approximate surface area is 205 Å². The lowest BCUT2D eigenvalue weighted by molar-refractivity contribution is -0.124. The van der Waals surface area contributed by atoms with Crippen LogP contribution >= 0.6 is 0 Å². The van der Waals surface area contributed by atoms with E-state index in [0.29, 0.717) is 46.9 Å². The Morgan fingerprint density at radius 3 is 2.71 bits per heavy atom. The van der Waals surface area contributed by atoms with Gasteiger partial charge in [-0.25, -0.2) is 19.0 Å². The van der Waals surface area contributed by atoms with Gasteiger partial charge < -0.3 is 20.3 Å². The number of nitrogens with two attached hydrogens (primary N) is 1. The first-order valence-corrected chi connectivity index (χ1v) is 11.8. The number of amides is 1. The minimum Gasteiger partial charge on any atom is -0.497 e. The summed E-state index contributed by atoms with van der Waals surface area (Å²) in [5.74, 6) is 0.225. The van der Waals surface area contributed by atoms with E-state index in [-0.39, 0.29) is 5.91 Å². The Bertz CT molecular complexity index is 1160. The molecule has 0 radical (unpaired) electrons. The number of aryl methyl sites for hydroxylation is 1. The maximum absolute atomic E-state index is 14.1. The lowest BCUT2D eigenvalue weighted by Gasteiger charge is -2.23. The van der Waals surface area contributed by atoms with Crippen molar-refractivity contribution in [2.24, 2.45) is 0 Å². The number of nitrogen functional groups attached to an aromatic ring is 1. The third-order valence-corrected chi connectivity index (χ3v) is 6.03. The van der Waals surface area contributed by atoms with E-state index in [2.05, 4.69) is 28.4 Å². The summed E-state index contributed by atoms with van der Waals surface area (Å²) < 4.78 is 21.2. The zero-order valence-electron chi connectivity index (χ0n) is 20.7. The van der Waals surface area contributed by atoms with E-state index in [1.54, 1.807) is 18.0 Å². The van der Waals surface area contributed by atoms with Crippen LogP contribution in [-0.2, 0) is 11.3 Å². The average Bonchev–Trinajstić information content (AvgIpc) is 3.24. The van der Waals surface area contributed by atoms with E-state index >= 15 is 0 Å². The summed E-state index contributed by atoms with van der Waals surface area (Å²) in [6.45, 7) is 9.69. The van der Waals surface area contributed by atoms with Gasteiger partial charge in [-0.15, -0.1) is 0 Å². The van der Waals surface area contributed by atoms with E-state index in [4.69, 9.17) is 15.6 Å². The highest BCUT2D eigenvalue weighted by atomic mass is 19.1. The molecule has 0 spiro atoms.